The molecule has 298 valence electrons. The molecule has 2 bridgehead atoms. The van der Waals surface area contributed by atoms with Crippen LogP contribution in [0.3, 0.4) is 0 Å². The highest BCUT2D eigenvalue weighted by molar-refractivity contribution is 5.95. The average molecular weight is 785 g/mol. The molecular formula is C45H45FN6O6. The third-order valence-electron chi connectivity index (χ3n) is 12.5. The van der Waals surface area contributed by atoms with Gasteiger partial charge in [0.2, 0.25) is 5.91 Å². The molecule has 58 heavy (non-hydrogen) atoms. The summed E-state index contributed by atoms with van der Waals surface area (Å²) in [6.07, 6.45) is 2.61. The van der Waals surface area contributed by atoms with Gasteiger partial charge in [0.15, 0.2) is 0 Å². The van der Waals surface area contributed by atoms with Crippen LogP contribution in [-0.2, 0) is 20.7 Å². The van der Waals surface area contributed by atoms with Gasteiger partial charge in [-0.25, -0.2) is 14.3 Å². The number of carbonyl (C=O) groups excluding carboxylic acids is 3. The molecule has 4 aromatic carbocycles. The smallest absolute Gasteiger partial charge is 0.410 e. The number of benzene rings is 4. The maximum Gasteiger partial charge on any atom is 0.410 e. The summed E-state index contributed by atoms with van der Waals surface area (Å²) >= 11 is 0. The van der Waals surface area contributed by atoms with E-state index in [0.29, 0.717) is 41.5 Å². The summed E-state index contributed by atoms with van der Waals surface area (Å²) in [6.45, 7) is 1.32. The molecule has 3 amide bonds. The summed E-state index contributed by atoms with van der Waals surface area (Å²) in [5, 5.41) is 7.93. The van der Waals surface area contributed by atoms with Gasteiger partial charge in [0, 0.05) is 49.4 Å². The van der Waals surface area contributed by atoms with E-state index in [1.807, 2.05) is 36.4 Å². The Morgan fingerprint density at radius 2 is 1.50 bits per heavy atom. The lowest BCUT2D eigenvalue weighted by Gasteiger charge is -2.52. The molecule has 5 aliphatic rings. The Hall–Kier alpha value is -5.92. The fourth-order valence-electron chi connectivity index (χ4n) is 9.15. The van der Waals surface area contributed by atoms with Crippen LogP contribution in [0.5, 0.6) is 0 Å². The van der Waals surface area contributed by atoms with E-state index in [-0.39, 0.29) is 80.8 Å². The summed E-state index contributed by atoms with van der Waals surface area (Å²) in [5.74, 6) is -1.54. The molecule has 3 saturated heterocycles. The van der Waals surface area contributed by atoms with Crippen molar-refractivity contribution in [3.05, 3.63) is 135 Å². The Labute approximate surface area is 334 Å². The van der Waals surface area contributed by atoms with Crippen LogP contribution in [0, 0.1) is 5.82 Å². The number of nitrogens with zero attached hydrogens (tertiary/aromatic N) is 4. The Kier molecular flexibility index (Phi) is 9.81. The quantitative estimate of drug-likeness (QED) is 0.206. The fraction of sp³-hybridized carbons (Fsp3) is 0.356. The van der Waals surface area contributed by atoms with E-state index in [1.165, 1.54) is 17.0 Å². The zero-order chi connectivity index (χ0) is 40.0. The van der Waals surface area contributed by atoms with Crippen molar-refractivity contribution < 1.29 is 28.2 Å². The van der Waals surface area contributed by atoms with Crippen LogP contribution in [0.2, 0.25) is 0 Å². The molecule has 0 radical (unpaired) electrons. The highest BCUT2D eigenvalue weighted by Gasteiger charge is 2.49. The predicted octanol–water partition coefficient (Wildman–Crippen LogP) is 5.23. The van der Waals surface area contributed by atoms with Crippen LogP contribution in [0.1, 0.15) is 64.3 Å². The first-order valence-electron chi connectivity index (χ1n) is 19.9. The number of fused-ring (bicyclic) bond motifs is 7. The minimum Gasteiger partial charge on any atom is -0.448 e. The number of nitrogens with two attached hydrogens (primary N) is 1. The highest BCUT2D eigenvalue weighted by atomic mass is 19.1. The molecule has 5 aromatic rings. The minimum atomic E-state index is -0.649. The first kappa shape index (κ1) is 37.6. The number of rotatable bonds is 9. The summed E-state index contributed by atoms with van der Waals surface area (Å²) in [7, 11) is 0. The lowest BCUT2D eigenvalue weighted by Crippen LogP contribution is -2.63. The fourth-order valence-corrected chi connectivity index (χ4v) is 9.15. The Bertz CT molecular complexity index is 2410. The lowest BCUT2D eigenvalue weighted by molar-refractivity contribution is -0.162. The SMILES string of the molecule is NC12CCC(CN(CC(=O)N3CCN(C(=O)c4cc(Cc5n[nH]c(=O)c6ccccc56)ccc4F)CC3)C(=O)OCC3c4ccccc4-c4ccccc43)(CC1)OC2. The van der Waals surface area contributed by atoms with Gasteiger partial charge >= 0.3 is 6.09 Å². The topological polar surface area (TPSA) is 151 Å². The monoisotopic (exact) mass is 784 g/mol. The molecule has 1 saturated carbocycles. The Morgan fingerprint density at radius 3 is 2.17 bits per heavy atom. The number of hydrogen-bond acceptors (Lipinski definition) is 8. The van der Waals surface area contributed by atoms with Gasteiger partial charge in [0.05, 0.1) is 35.4 Å². The Morgan fingerprint density at radius 1 is 0.862 bits per heavy atom. The number of halogens is 1. The van der Waals surface area contributed by atoms with E-state index in [9.17, 15) is 19.2 Å². The van der Waals surface area contributed by atoms with Gasteiger partial charge in [0.1, 0.15) is 19.0 Å². The lowest BCUT2D eigenvalue weighted by atomic mass is 9.71. The molecule has 4 heterocycles. The van der Waals surface area contributed by atoms with E-state index in [4.69, 9.17) is 15.2 Å². The normalized spacial score (nSPS) is 21.1. The number of hydrogen-bond donors (Lipinski definition) is 2. The molecule has 0 atom stereocenters. The zero-order valence-corrected chi connectivity index (χ0v) is 32.1. The van der Waals surface area contributed by atoms with Gasteiger partial charge < -0.3 is 25.0 Å². The average Bonchev–Trinajstić information content (AvgIpc) is 3.58. The van der Waals surface area contributed by atoms with E-state index < -0.39 is 23.4 Å². The number of amides is 3. The largest absolute Gasteiger partial charge is 0.448 e. The molecule has 13 heteroatoms. The van der Waals surface area contributed by atoms with Crippen LogP contribution >= 0.6 is 0 Å². The first-order chi connectivity index (χ1) is 28.1. The van der Waals surface area contributed by atoms with Gasteiger partial charge in [-0.1, -0.05) is 72.8 Å². The van der Waals surface area contributed by atoms with E-state index >= 15 is 4.39 Å². The maximum atomic E-state index is 15.2. The number of nitrogens with one attached hydrogen (secondary N) is 1. The van der Waals surface area contributed by atoms with Crippen LogP contribution < -0.4 is 11.3 Å². The summed E-state index contributed by atoms with van der Waals surface area (Å²) < 4.78 is 27.6. The minimum absolute atomic E-state index is 0.0758. The highest BCUT2D eigenvalue weighted by Crippen LogP contribution is 2.45. The molecule has 0 spiro atoms. The molecular weight excluding hydrogens is 740 g/mol. The van der Waals surface area contributed by atoms with Crippen molar-refractivity contribution in [3.63, 3.8) is 0 Å². The third-order valence-corrected chi connectivity index (χ3v) is 12.5. The summed E-state index contributed by atoms with van der Waals surface area (Å²) in [4.78, 5) is 58.6. The number of aromatic nitrogens is 2. The zero-order valence-electron chi connectivity index (χ0n) is 32.1. The standard InChI is InChI=1S/C45H45FN6O6/c46-38-14-13-29(24-39-34-11-5-6-12-35(34)41(54)49-48-39)23-36(38)42(55)51-21-19-50(20-22-51)40(53)25-52(27-45-17-15-44(47,16-18-45)28-58-45)43(56)57-26-37-32-9-3-1-7-30(32)31-8-2-4-10-33(31)37/h1-14,23,37H,15-22,24-28,47H2,(H,49,54). The van der Waals surface area contributed by atoms with Crippen molar-refractivity contribution in [2.24, 2.45) is 5.73 Å². The van der Waals surface area contributed by atoms with Gasteiger partial charge in [-0.05, 0) is 71.7 Å². The van der Waals surface area contributed by atoms with Gasteiger partial charge in [-0.3, -0.25) is 19.3 Å². The molecule has 0 unspecified atom stereocenters. The van der Waals surface area contributed by atoms with Crippen LogP contribution in [0.15, 0.2) is 95.8 Å². The van der Waals surface area contributed by atoms with E-state index in [1.54, 1.807) is 28.0 Å². The second-order valence-corrected chi connectivity index (χ2v) is 16.2. The van der Waals surface area contributed by atoms with Crippen molar-refractivity contribution in [2.75, 3.05) is 52.5 Å². The number of ether oxygens (including phenoxy) is 2. The van der Waals surface area contributed by atoms with E-state index in [0.717, 1.165) is 35.1 Å². The second kappa shape index (κ2) is 15.1. The predicted molar refractivity (Wildman–Crippen MR) is 215 cm³/mol. The van der Waals surface area contributed by atoms with Gasteiger partial charge in [0.25, 0.3) is 11.5 Å². The maximum absolute atomic E-state index is 15.2. The third kappa shape index (κ3) is 7.13. The van der Waals surface area contributed by atoms with Gasteiger partial charge in [-0.2, -0.15) is 5.10 Å². The van der Waals surface area contributed by atoms with Crippen molar-refractivity contribution in [2.45, 2.75) is 49.2 Å². The molecule has 3 aliphatic heterocycles. The van der Waals surface area contributed by atoms with Crippen LogP contribution in [-0.4, -0.2) is 106 Å². The number of carbonyl (C=O) groups is 3. The van der Waals surface area contributed by atoms with Gasteiger partial charge in [-0.15, -0.1) is 0 Å². The van der Waals surface area contributed by atoms with E-state index in [2.05, 4.69) is 34.5 Å². The first-order valence-corrected chi connectivity index (χ1v) is 19.9. The molecule has 12 nitrogen and oxygen atoms in total. The Balaban J connectivity index is 0.866. The van der Waals surface area contributed by atoms with Crippen molar-refractivity contribution in [3.8, 4) is 11.1 Å². The van der Waals surface area contributed by atoms with Crippen LogP contribution in [0.4, 0.5) is 9.18 Å². The van der Waals surface area contributed by atoms with Crippen molar-refractivity contribution in [1.29, 1.82) is 0 Å². The van der Waals surface area contributed by atoms with Crippen molar-refractivity contribution in [1.82, 2.24) is 24.9 Å². The molecule has 4 fully saturated rings. The molecule has 2 aliphatic carbocycles. The second-order valence-electron chi connectivity index (χ2n) is 16.2. The number of H-pyrrole nitrogens is 1. The van der Waals surface area contributed by atoms with Crippen LogP contribution in [0.25, 0.3) is 21.9 Å². The summed E-state index contributed by atoms with van der Waals surface area (Å²) in [5.41, 5.74) is 10.9. The molecule has 1 aromatic heterocycles. The molecule has 3 N–H and O–H groups in total. The number of aromatic amines is 1. The molecule has 10 rings (SSSR count). The number of piperazine rings is 1. The summed E-state index contributed by atoms with van der Waals surface area (Å²) in [6, 6.07) is 27.8. The van der Waals surface area contributed by atoms with Crippen molar-refractivity contribution >= 4 is 28.7 Å².